The molecule has 0 aliphatic heterocycles. The molecule has 5 rings (SSSR count). The predicted octanol–water partition coefficient (Wildman–Crippen LogP) is 5.53. The maximum absolute atomic E-state index is 15.1. The highest BCUT2D eigenvalue weighted by Crippen LogP contribution is 2.30. The smallest absolute Gasteiger partial charge is 0.263 e. The number of rotatable bonds is 7. The molecular weight excluding hydrogens is 515 g/mol. The van der Waals surface area contributed by atoms with E-state index in [-0.39, 0.29) is 10.7 Å². The van der Waals surface area contributed by atoms with E-state index in [0.717, 1.165) is 42.1 Å². The molecule has 2 aromatic heterocycles. The molecule has 0 spiro atoms. The number of sulfonamides is 1. The summed E-state index contributed by atoms with van der Waals surface area (Å²) in [4.78, 5) is 15.8. The molecule has 0 unspecified atom stereocenters. The van der Waals surface area contributed by atoms with E-state index >= 15 is 4.39 Å². The lowest BCUT2D eigenvalue weighted by atomic mass is 9.91. The summed E-state index contributed by atoms with van der Waals surface area (Å²) in [5.74, 6) is -0.482. The van der Waals surface area contributed by atoms with Crippen LogP contribution >= 0.6 is 0 Å². The highest BCUT2D eigenvalue weighted by molar-refractivity contribution is 7.92. The molecule has 204 valence electrons. The summed E-state index contributed by atoms with van der Waals surface area (Å²) in [6, 6.07) is 14.5. The first-order valence-electron chi connectivity index (χ1n) is 13.1. The Kier molecular flexibility index (Phi) is 7.51. The van der Waals surface area contributed by atoms with Gasteiger partial charge in [-0.3, -0.25) is 4.72 Å². The Bertz CT molecular complexity index is 1620. The standard InChI is InChI=1S/C29H33FN6O2S/c1-18-7-5-6-8-27(18)39(37,38)35-28-25(30)16-24(19(2)32-28)20-9-14-26-21(15-20)17-31-29(34-26)33-22-10-12-23(13-11-22)36(3)4/h5-9,14-17,22-23H,10-13H2,1-4H3,(H,32,35)(H,31,33,34). The van der Waals surface area contributed by atoms with Gasteiger partial charge in [-0.25, -0.2) is 27.8 Å². The fourth-order valence-electron chi connectivity index (χ4n) is 5.17. The van der Waals surface area contributed by atoms with Gasteiger partial charge >= 0.3 is 0 Å². The Morgan fingerprint density at radius 2 is 1.72 bits per heavy atom. The number of fused-ring (bicyclic) bond motifs is 1. The first kappa shape index (κ1) is 27.0. The number of nitrogens with one attached hydrogen (secondary N) is 2. The normalized spacial score (nSPS) is 17.9. The molecule has 2 aromatic carbocycles. The summed E-state index contributed by atoms with van der Waals surface area (Å²) < 4.78 is 43.1. The summed E-state index contributed by atoms with van der Waals surface area (Å²) in [5.41, 5.74) is 3.14. The molecule has 0 radical (unpaired) electrons. The van der Waals surface area contributed by atoms with E-state index in [0.29, 0.717) is 34.9 Å². The molecular formula is C29H33FN6O2S. The van der Waals surface area contributed by atoms with E-state index in [4.69, 9.17) is 0 Å². The Balaban J connectivity index is 1.34. The van der Waals surface area contributed by atoms with E-state index in [1.54, 1.807) is 38.2 Å². The maximum Gasteiger partial charge on any atom is 0.263 e. The maximum atomic E-state index is 15.1. The third-order valence-corrected chi connectivity index (χ3v) is 8.93. The first-order valence-corrected chi connectivity index (χ1v) is 14.5. The van der Waals surface area contributed by atoms with Crippen LogP contribution in [-0.4, -0.2) is 54.4 Å². The Labute approximate surface area is 228 Å². The van der Waals surface area contributed by atoms with Crippen molar-refractivity contribution in [3.05, 3.63) is 71.8 Å². The van der Waals surface area contributed by atoms with E-state index in [2.05, 4.69) is 44.0 Å². The van der Waals surface area contributed by atoms with Gasteiger partial charge in [0.1, 0.15) is 0 Å². The molecule has 0 atom stereocenters. The van der Waals surface area contributed by atoms with Crippen molar-refractivity contribution < 1.29 is 12.8 Å². The van der Waals surface area contributed by atoms with Crippen LogP contribution < -0.4 is 10.0 Å². The average Bonchev–Trinajstić information content (AvgIpc) is 2.90. The minimum atomic E-state index is -3.99. The van der Waals surface area contributed by atoms with Gasteiger partial charge in [-0.15, -0.1) is 0 Å². The molecule has 0 saturated heterocycles. The van der Waals surface area contributed by atoms with Gasteiger partial charge in [0.05, 0.1) is 10.4 Å². The van der Waals surface area contributed by atoms with Crippen molar-refractivity contribution in [3.8, 4) is 11.1 Å². The Morgan fingerprint density at radius 1 is 0.974 bits per heavy atom. The van der Waals surface area contributed by atoms with E-state index in [9.17, 15) is 8.42 Å². The lowest BCUT2D eigenvalue weighted by molar-refractivity contribution is 0.221. The minimum Gasteiger partial charge on any atom is -0.351 e. The second-order valence-corrected chi connectivity index (χ2v) is 12.1. The van der Waals surface area contributed by atoms with Crippen LogP contribution in [0.2, 0.25) is 0 Å². The van der Waals surface area contributed by atoms with Gasteiger partial charge in [0.2, 0.25) is 5.95 Å². The summed E-state index contributed by atoms with van der Waals surface area (Å²) in [7, 11) is 0.277. The molecule has 8 nitrogen and oxygen atoms in total. The zero-order valence-corrected chi connectivity index (χ0v) is 23.4. The van der Waals surface area contributed by atoms with Crippen molar-refractivity contribution in [1.29, 1.82) is 0 Å². The van der Waals surface area contributed by atoms with Crippen molar-refractivity contribution in [1.82, 2.24) is 19.9 Å². The quantitative estimate of drug-likeness (QED) is 0.313. The molecule has 39 heavy (non-hydrogen) atoms. The van der Waals surface area contributed by atoms with Crippen LogP contribution in [0.4, 0.5) is 16.2 Å². The van der Waals surface area contributed by atoms with Crippen molar-refractivity contribution in [2.24, 2.45) is 0 Å². The van der Waals surface area contributed by atoms with Crippen molar-refractivity contribution >= 4 is 32.7 Å². The van der Waals surface area contributed by atoms with Crippen LogP contribution in [0.1, 0.15) is 36.9 Å². The van der Waals surface area contributed by atoms with Gasteiger partial charge in [-0.2, -0.15) is 0 Å². The van der Waals surface area contributed by atoms with Crippen LogP contribution in [0.25, 0.3) is 22.0 Å². The molecule has 1 saturated carbocycles. The van der Waals surface area contributed by atoms with Gasteiger partial charge < -0.3 is 10.2 Å². The van der Waals surface area contributed by atoms with Crippen LogP contribution in [0.3, 0.4) is 0 Å². The fraction of sp³-hybridized carbons (Fsp3) is 0.345. The van der Waals surface area contributed by atoms with Crippen LogP contribution in [0.5, 0.6) is 0 Å². The first-order chi connectivity index (χ1) is 18.6. The summed E-state index contributed by atoms with van der Waals surface area (Å²) in [5, 5.41) is 4.30. The fourth-order valence-corrected chi connectivity index (χ4v) is 6.43. The third kappa shape index (κ3) is 5.86. The Morgan fingerprint density at radius 3 is 2.44 bits per heavy atom. The second-order valence-electron chi connectivity index (χ2n) is 10.4. The molecule has 1 fully saturated rings. The molecule has 10 heteroatoms. The third-order valence-electron chi connectivity index (χ3n) is 7.43. The summed E-state index contributed by atoms with van der Waals surface area (Å²) in [6.45, 7) is 3.41. The number of benzene rings is 2. The number of halogens is 1. The summed E-state index contributed by atoms with van der Waals surface area (Å²) in [6.07, 6.45) is 6.23. The minimum absolute atomic E-state index is 0.0811. The monoisotopic (exact) mass is 548 g/mol. The van der Waals surface area contributed by atoms with Gasteiger partial charge in [-0.05, 0) is 89.0 Å². The molecule has 1 aliphatic rings. The predicted molar refractivity (Wildman–Crippen MR) is 153 cm³/mol. The summed E-state index contributed by atoms with van der Waals surface area (Å²) >= 11 is 0. The van der Waals surface area contributed by atoms with Crippen LogP contribution in [0.15, 0.2) is 59.6 Å². The van der Waals surface area contributed by atoms with Crippen LogP contribution in [-0.2, 0) is 10.0 Å². The van der Waals surface area contributed by atoms with Crippen molar-refractivity contribution in [2.75, 3.05) is 24.1 Å². The van der Waals surface area contributed by atoms with Crippen molar-refractivity contribution in [2.45, 2.75) is 56.5 Å². The number of anilines is 2. The molecule has 0 bridgehead atoms. The number of hydrogen-bond acceptors (Lipinski definition) is 7. The Hall–Kier alpha value is -3.63. The second kappa shape index (κ2) is 10.9. The average molecular weight is 549 g/mol. The lowest BCUT2D eigenvalue weighted by Crippen LogP contribution is -2.36. The zero-order valence-electron chi connectivity index (χ0n) is 22.6. The largest absolute Gasteiger partial charge is 0.351 e. The van der Waals surface area contributed by atoms with E-state index in [1.807, 2.05) is 18.2 Å². The number of hydrogen-bond donors (Lipinski definition) is 2. The van der Waals surface area contributed by atoms with Gasteiger partial charge in [0.25, 0.3) is 10.0 Å². The lowest BCUT2D eigenvalue weighted by Gasteiger charge is -2.32. The number of pyridine rings is 1. The molecule has 4 aromatic rings. The highest BCUT2D eigenvalue weighted by Gasteiger charge is 2.23. The van der Waals surface area contributed by atoms with Gasteiger partial charge in [0, 0.05) is 34.9 Å². The zero-order chi connectivity index (χ0) is 27.7. The number of nitrogens with zero attached hydrogens (tertiary/aromatic N) is 4. The van der Waals surface area contributed by atoms with Crippen molar-refractivity contribution in [3.63, 3.8) is 0 Å². The molecule has 2 N–H and O–H groups in total. The van der Waals surface area contributed by atoms with Crippen LogP contribution in [0, 0.1) is 19.7 Å². The van der Waals surface area contributed by atoms with Gasteiger partial charge in [0.15, 0.2) is 11.6 Å². The van der Waals surface area contributed by atoms with E-state index < -0.39 is 15.8 Å². The van der Waals surface area contributed by atoms with Gasteiger partial charge in [-0.1, -0.05) is 24.3 Å². The molecule has 1 aliphatic carbocycles. The number of aromatic nitrogens is 3. The topological polar surface area (TPSA) is 100 Å². The van der Waals surface area contributed by atoms with E-state index in [1.165, 1.54) is 12.1 Å². The molecule has 0 amide bonds. The highest BCUT2D eigenvalue weighted by atomic mass is 32.2. The number of aryl methyl sites for hydroxylation is 2. The molecule has 2 heterocycles. The SMILES string of the molecule is Cc1ccccc1S(=O)(=O)Nc1nc(C)c(-c2ccc3nc(NC4CCC(N(C)C)CC4)ncc3c2)cc1F.